The second kappa shape index (κ2) is 13.8. The minimum Gasteiger partial charge on any atom is -0.497 e. The molecule has 1 amide bonds. The predicted octanol–water partition coefficient (Wildman–Crippen LogP) is 5.05. The first-order valence-electron chi connectivity index (χ1n) is 13.6. The van der Waals surface area contributed by atoms with Crippen LogP contribution in [0.2, 0.25) is 0 Å². The highest BCUT2D eigenvalue weighted by Gasteiger charge is 2.16. The van der Waals surface area contributed by atoms with Crippen LogP contribution in [-0.4, -0.2) is 62.1 Å². The van der Waals surface area contributed by atoms with Crippen molar-refractivity contribution in [2.24, 2.45) is 7.05 Å². The highest BCUT2D eigenvalue weighted by Crippen LogP contribution is 2.38. The van der Waals surface area contributed by atoms with Crippen LogP contribution in [0.5, 0.6) is 5.75 Å². The lowest BCUT2D eigenvalue weighted by molar-refractivity contribution is -0.160. The van der Waals surface area contributed by atoms with Crippen LogP contribution in [0.1, 0.15) is 31.1 Å². The van der Waals surface area contributed by atoms with Crippen LogP contribution in [0.3, 0.4) is 0 Å². The van der Waals surface area contributed by atoms with Crippen LogP contribution >= 0.6 is 11.3 Å². The molecule has 0 unspecified atom stereocenters. The number of hydrogen-bond acceptors (Lipinski definition) is 8. The van der Waals surface area contributed by atoms with Gasteiger partial charge in [0.05, 0.1) is 37.1 Å². The summed E-state index contributed by atoms with van der Waals surface area (Å²) in [6.07, 6.45) is 0. The van der Waals surface area contributed by atoms with Crippen molar-refractivity contribution in [3.8, 4) is 27.3 Å². The van der Waals surface area contributed by atoms with Crippen molar-refractivity contribution in [2.45, 2.75) is 26.4 Å². The molecule has 0 aliphatic rings. The van der Waals surface area contributed by atoms with Gasteiger partial charge in [-0.1, -0.05) is 12.1 Å². The first-order chi connectivity index (χ1) is 20.1. The number of benzene rings is 2. The van der Waals surface area contributed by atoms with Crippen molar-refractivity contribution < 1.29 is 28.5 Å². The summed E-state index contributed by atoms with van der Waals surface area (Å²) >= 11 is 1.62. The number of fused-ring (bicyclic) bond motifs is 1. The third-order valence-electron chi connectivity index (χ3n) is 6.29. The quantitative estimate of drug-likeness (QED) is 0.181. The standard InChI is InChI=1S/C32H36N2O7S/c1-32(2,3)41-29(36)20-40-17-16-39-15-14-33-31(37)23-8-6-21(7-9-23)25-18-28(35)34(4)26-19-27(42-30(25)26)22-10-12-24(38-5)13-11-22/h6-13,18-19H,14-17,20H2,1-5H3,(H,33,37). The number of methoxy groups -OCH3 is 1. The molecule has 4 aromatic rings. The number of ether oxygens (including phenoxy) is 4. The van der Waals surface area contributed by atoms with Crippen LogP contribution in [0, 0.1) is 0 Å². The average molecular weight is 593 g/mol. The van der Waals surface area contributed by atoms with Gasteiger partial charge in [0.25, 0.3) is 11.5 Å². The number of nitrogens with zero attached hydrogens (tertiary/aromatic N) is 1. The largest absolute Gasteiger partial charge is 0.497 e. The Hall–Kier alpha value is -3.99. The Balaban J connectivity index is 1.32. The van der Waals surface area contributed by atoms with Crippen LogP contribution < -0.4 is 15.6 Å². The summed E-state index contributed by atoms with van der Waals surface area (Å²) in [5, 5.41) is 2.83. The van der Waals surface area contributed by atoms with Gasteiger partial charge in [0.15, 0.2) is 0 Å². The van der Waals surface area contributed by atoms with E-state index in [4.69, 9.17) is 18.9 Å². The molecule has 9 nitrogen and oxygen atoms in total. The second-order valence-electron chi connectivity index (χ2n) is 10.6. The molecule has 0 radical (unpaired) electrons. The SMILES string of the molecule is COc1ccc(-c2cc3c(s2)c(-c2ccc(C(=O)NCCOCCOCC(=O)OC(C)(C)C)cc2)cc(=O)n3C)cc1. The molecule has 0 aliphatic carbocycles. The first-order valence-corrected chi connectivity index (χ1v) is 14.4. The molecule has 2 aromatic heterocycles. The van der Waals surface area contributed by atoms with E-state index in [-0.39, 0.29) is 24.7 Å². The molecule has 2 heterocycles. The molecule has 42 heavy (non-hydrogen) atoms. The van der Waals surface area contributed by atoms with E-state index in [0.717, 1.165) is 37.5 Å². The summed E-state index contributed by atoms with van der Waals surface area (Å²) < 4.78 is 23.8. The summed E-state index contributed by atoms with van der Waals surface area (Å²) in [4.78, 5) is 38.1. The molecule has 10 heteroatoms. The molecule has 0 atom stereocenters. The normalized spacial score (nSPS) is 11.5. The number of carbonyl (C=O) groups excluding carboxylic acids is 2. The molecule has 0 fully saturated rings. The van der Waals surface area contributed by atoms with Gasteiger partial charge >= 0.3 is 5.97 Å². The molecular weight excluding hydrogens is 556 g/mol. The number of pyridine rings is 1. The first kappa shape index (κ1) is 31.0. The van der Waals surface area contributed by atoms with Gasteiger partial charge in [0, 0.05) is 35.7 Å². The highest BCUT2D eigenvalue weighted by molar-refractivity contribution is 7.22. The zero-order valence-corrected chi connectivity index (χ0v) is 25.3. The third kappa shape index (κ3) is 8.06. The number of esters is 1. The van der Waals surface area contributed by atoms with E-state index in [1.54, 1.807) is 69.0 Å². The minimum atomic E-state index is -0.547. The van der Waals surface area contributed by atoms with Gasteiger partial charge in [-0.2, -0.15) is 0 Å². The molecule has 1 N–H and O–H groups in total. The predicted molar refractivity (Wildman–Crippen MR) is 164 cm³/mol. The summed E-state index contributed by atoms with van der Waals surface area (Å²) in [7, 11) is 3.41. The lowest BCUT2D eigenvalue weighted by atomic mass is 10.0. The maximum atomic E-state index is 12.8. The number of amides is 1. The van der Waals surface area contributed by atoms with Crippen LogP contribution in [-0.2, 0) is 26.1 Å². The van der Waals surface area contributed by atoms with Crippen molar-refractivity contribution in [1.29, 1.82) is 0 Å². The Morgan fingerprint density at radius 2 is 1.57 bits per heavy atom. The molecule has 0 bridgehead atoms. The highest BCUT2D eigenvalue weighted by atomic mass is 32.1. The molecule has 4 rings (SSSR count). The smallest absolute Gasteiger partial charge is 0.332 e. The fraction of sp³-hybridized carbons (Fsp3) is 0.344. The lowest BCUT2D eigenvalue weighted by Gasteiger charge is -2.19. The number of aromatic nitrogens is 1. The van der Waals surface area contributed by atoms with Crippen LogP contribution in [0.15, 0.2) is 65.5 Å². The third-order valence-corrected chi connectivity index (χ3v) is 7.50. The molecule has 2 aromatic carbocycles. The maximum Gasteiger partial charge on any atom is 0.332 e. The van der Waals surface area contributed by atoms with E-state index in [9.17, 15) is 14.4 Å². The number of hydrogen-bond donors (Lipinski definition) is 1. The molecule has 0 saturated heterocycles. The molecular formula is C32H36N2O7S. The van der Waals surface area contributed by atoms with Gasteiger partial charge in [-0.05, 0) is 74.4 Å². The topological polar surface area (TPSA) is 105 Å². The lowest BCUT2D eigenvalue weighted by Crippen LogP contribution is -2.28. The molecule has 0 aliphatic heterocycles. The summed E-state index contributed by atoms with van der Waals surface area (Å²) in [5.41, 5.74) is 3.43. The Kier molecular flexibility index (Phi) is 10.2. The Morgan fingerprint density at radius 3 is 2.24 bits per heavy atom. The Morgan fingerprint density at radius 1 is 0.905 bits per heavy atom. The molecule has 0 spiro atoms. The monoisotopic (exact) mass is 592 g/mol. The van der Waals surface area contributed by atoms with Crippen molar-refractivity contribution >= 4 is 33.4 Å². The second-order valence-corrected chi connectivity index (χ2v) is 11.6. The minimum absolute atomic E-state index is 0.103. The summed E-state index contributed by atoms with van der Waals surface area (Å²) in [6.45, 7) is 6.43. The fourth-order valence-corrected chi connectivity index (χ4v) is 5.46. The van der Waals surface area contributed by atoms with Gasteiger partial charge in [-0.3, -0.25) is 9.59 Å². The van der Waals surface area contributed by atoms with Crippen molar-refractivity contribution in [3.05, 3.63) is 76.6 Å². The summed E-state index contributed by atoms with van der Waals surface area (Å²) in [6, 6.07) is 18.7. The van der Waals surface area contributed by atoms with Crippen LogP contribution in [0.25, 0.3) is 31.8 Å². The Bertz CT molecular complexity index is 1580. The average Bonchev–Trinajstić information content (AvgIpc) is 3.41. The molecule has 0 saturated carbocycles. The van der Waals surface area contributed by atoms with E-state index in [1.165, 1.54) is 0 Å². The maximum absolute atomic E-state index is 12.8. The zero-order valence-electron chi connectivity index (χ0n) is 24.5. The van der Waals surface area contributed by atoms with Gasteiger partial charge in [0.2, 0.25) is 0 Å². The van der Waals surface area contributed by atoms with Gasteiger partial charge in [-0.25, -0.2) is 4.79 Å². The number of rotatable bonds is 12. The van der Waals surface area contributed by atoms with E-state index in [0.29, 0.717) is 25.3 Å². The number of aryl methyl sites for hydroxylation is 1. The number of carbonyl (C=O) groups is 2. The number of thiophene rings is 1. The Labute approximate surface area is 249 Å². The van der Waals surface area contributed by atoms with Gasteiger partial charge in [-0.15, -0.1) is 11.3 Å². The van der Waals surface area contributed by atoms with E-state index in [2.05, 4.69) is 5.32 Å². The van der Waals surface area contributed by atoms with Gasteiger partial charge in [0.1, 0.15) is 18.0 Å². The zero-order chi connectivity index (χ0) is 30.3. The van der Waals surface area contributed by atoms with E-state index < -0.39 is 11.6 Å². The van der Waals surface area contributed by atoms with Crippen molar-refractivity contribution in [3.63, 3.8) is 0 Å². The fourth-order valence-electron chi connectivity index (χ4n) is 4.23. The van der Waals surface area contributed by atoms with Crippen molar-refractivity contribution in [1.82, 2.24) is 9.88 Å². The van der Waals surface area contributed by atoms with Crippen LogP contribution in [0.4, 0.5) is 0 Å². The number of nitrogens with one attached hydrogen (secondary N) is 1. The van der Waals surface area contributed by atoms with E-state index in [1.807, 2.05) is 42.5 Å². The van der Waals surface area contributed by atoms with E-state index >= 15 is 0 Å². The molecule has 222 valence electrons. The van der Waals surface area contributed by atoms with Crippen molar-refractivity contribution in [2.75, 3.05) is 40.1 Å². The summed E-state index contributed by atoms with van der Waals surface area (Å²) in [5.74, 6) is 0.137. The van der Waals surface area contributed by atoms with Gasteiger partial charge < -0.3 is 28.8 Å².